The van der Waals surface area contributed by atoms with Crippen LogP contribution in [-0.2, 0) is 6.54 Å². The van der Waals surface area contributed by atoms with E-state index in [9.17, 15) is 19.2 Å². The number of hydrogen-bond acceptors (Lipinski definition) is 8. The summed E-state index contributed by atoms with van der Waals surface area (Å²) in [7, 11) is 1.53. The van der Waals surface area contributed by atoms with Crippen LogP contribution in [0.4, 0.5) is 17.3 Å². The lowest BCUT2D eigenvalue weighted by Gasteiger charge is -2.35. The van der Waals surface area contributed by atoms with Crippen molar-refractivity contribution in [1.82, 2.24) is 29.5 Å². The van der Waals surface area contributed by atoms with Crippen molar-refractivity contribution in [2.24, 2.45) is 0 Å². The molecule has 0 radical (unpaired) electrons. The summed E-state index contributed by atoms with van der Waals surface area (Å²) in [5.41, 5.74) is -1.41. The first-order chi connectivity index (χ1) is 20.9. The number of fused-ring (bicyclic) bond motifs is 2. The van der Waals surface area contributed by atoms with Gasteiger partial charge in [0.25, 0.3) is 11.1 Å². The van der Waals surface area contributed by atoms with E-state index in [1.165, 1.54) is 12.0 Å². The predicted molar refractivity (Wildman–Crippen MR) is 159 cm³/mol. The zero-order chi connectivity index (χ0) is 29.9. The Morgan fingerprint density at radius 1 is 0.767 bits per heavy atom. The molecule has 3 aromatic heterocycles. The Kier molecular flexibility index (Phi) is 7.52. The maximum atomic E-state index is 13.4. The molecule has 0 unspecified atom stereocenters. The van der Waals surface area contributed by atoms with Crippen LogP contribution in [0.5, 0.6) is 11.5 Å². The average Bonchev–Trinajstić information content (AvgIpc) is 3.52. The Balaban J connectivity index is 1.32. The van der Waals surface area contributed by atoms with Crippen molar-refractivity contribution in [3.8, 4) is 11.5 Å². The van der Waals surface area contributed by atoms with E-state index in [4.69, 9.17) is 9.47 Å². The van der Waals surface area contributed by atoms with E-state index >= 15 is 0 Å². The molecule has 1 aliphatic rings. The highest BCUT2D eigenvalue weighted by atomic mass is 16.5. The van der Waals surface area contributed by atoms with Gasteiger partial charge >= 0.3 is 11.4 Å². The third kappa shape index (κ3) is 5.52. The zero-order valence-electron chi connectivity index (χ0n) is 23.3. The van der Waals surface area contributed by atoms with Gasteiger partial charge in [-0.1, -0.05) is 12.1 Å². The Labute approximate surface area is 243 Å². The number of aryl methyl sites for hydroxylation is 1. The molecule has 220 valence electrons. The van der Waals surface area contributed by atoms with Crippen LogP contribution in [0.3, 0.4) is 0 Å². The number of H-pyrrole nitrogens is 4. The quantitative estimate of drug-likeness (QED) is 0.178. The number of unbranched alkanes of at least 4 members (excludes halogenated alkanes) is 2. The number of hydrogen-bond donors (Lipinski definition) is 4. The second kappa shape index (κ2) is 11.7. The van der Waals surface area contributed by atoms with Gasteiger partial charge < -0.3 is 14.0 Å². The normalized spacial score (nSPS) is 12.5. The smallest absolute Gasteiger partial charge is 0.327 e. The molecule has 0 aliphatic carbocycles. The highest BCUT2D eigenvalue weighted by Crippen LogP contribution is 2.46. The van der Waals surface area contributed by atoms with Crippen molar-refractivity contribution in [3.63, 3.8) is 0 Å². The largest absolute Gasteiger partial charge is 0.497 e. The van der Waals surface area contributed by atoms with E-state index in [2.05, 4.69) is 24.9 Å². The number of anilines is 3. The number of nitrogens with one attached hydrogen (secondary N) is 4. The van der Waals surface area contributed by atoms with Crippen LogP contribution in [-0.4, -0.2) is 43.2 Å². The van der Waals surface area contributed by atoms with Crippen LogP contribution in [0, 0.1) is 0 Å². The van der Waals surface area contributed by atoms with E-state index in [-0.39, 0.29) is 22.8 Å². The second-order valence-corrected chi connectivity index (χ2v) is 10.1. The lowest BCUT2D eigenvalue weighted by atomic mass is 9.83. The molecule has 1 aliphatic heterocycles. The zero-order valence-corrected chi connectivity index (χ0v) is 23.3. The van der Waals surface area contributed by atoms with Crippen molar-refractivity contribution < 1.29 is 9.47 Å². The lowest BCUT2D eigenvalue weighted by molar-refractivity contribution is 0.303. The Bertz CT molecular complexity index is 1880. The summed E-state index contributed by atoms with van der Waals surface area (Å²) in [6.45, 7) is 1.45. The van der Waals surface area contributed by atoms with Crippen molar-refractivity contribution >= 4 is 17.3 Å². The van der Waals surface area contributed by atoms with Gasteiger partial charge in [0.1, 0.15) is 23.1 Å². The van der Waals surface area contributed by atoms with Gasteiger partial charge in [0.15, 0.2) is 0 Å². The standard InChI is InChI=1S/C30H29N7O6/c1-42-20-11-7-19(8-12-20)37-25-23(27(38)34-29(40)32-25)22(24-26(37)33-30(41)35-28(24)39)18-5-9-21(10-6-18)43-16-4-2-3-14-36-15-13-31-17-36/h5-13,15,17,22H,2-4,14,16H2,1H3,(H2,32,34,38,40)(H2,33,35,39,41). The number of ether oxygens (including phenoxy) is 2. The molecule has 0 fully saturated rings. The summed E-state index contributed by atoms with van der Waals surface area (Å²) >= 11 is 0. The van der Waals surface area contributed by atoms with Crippen LogP contribution in [0.25, 0.3) is 0 Å². The molecule has 0 amide bonds. The molecule has 0 atom stereocenters. The SMILES string of the molecule is COc1ccc(N2c3[nH]c(=O)[nH]c(=O)c3C(c3ccc(OCCCCCn4ccnc4)cc3)c3c2[nH]c(=O)[nH]c3=O)cc1. The van der Waals surface area contributed by atoms with Crippen LogP contribution in [0.15, 0.2) is 86.4 Å². The number of rotatable bonds is 10. The summed E-state index contributed by atoms with van der Waals surface area (Å²) in [6.07, 6.45) is 8.40. The average molecular weight is 584 g/mol. The molecular weight excluding hydrogens is 554 g/mol. The van der Waals surface area contributed by atoms with Gasteiger partial charge in [0.2, 0.25) is 0 Å². The topological polar surface area (TPSA) is 171 Å². The van der Waals surface area contributed by atoms with Gasteiger partial charge in [-0.3, -0.25) is 34.4 Å². The number of aromatic amines is 4. The molecule has 5 aromatic rings. The molecular formula is C30H29N7O6. The van der Waals surface area contributed by atoms with Crippen LogP contribution in [0.1, 0.15) is 41.9 Å². The number of aromatic nitrogens is 6. The van der Waals surface area contributed by atoms with Gasteiger partial charge in [-0.15, -0.1) is 0 Å². The first kappa shape index (κ1) is 27.6. The van der Waals surface area contributed by atoms with Crippen molar-refractivity contribution in [3.05, 3.63) is 126 Å². The number of imidazole rings is 1. The highest BCUT2D eigenvalue weighted by Gasteiger charge is 2.38. The van der Waals surface area contributed by atoms with Crippen LogP contribution in [0.2, 0.25) is 0 Å². The van der Waals surface area contributed by atoms with Crippen LogP contribution < -0.4 is 36.9 Å². The van der Waals surface area contributed by atoms with Gasteiger partial charge in [-0.2, -0.15) is 0 Å². The molecule has 0 saturated carbocycles. The fraction of sp³-hybridized carbons (Fsp3) is 0.233. The Morgan fingerprint density at radius 3 is 1.98 bits per heavy atom. The third-order valence-electron chi connectivity index (χ3n) is 7.37. The highest BCUT2D eigenvalue weighted by molar-refractivity contribution is 5.81. The van der Waals surface area contributed by atoms with E-state index in [0.29, 0.717) is 29.4 Å². The molecule has 0 spiro atoms. The van der Waals surface area contributed by atoms with Crippen molar-refractivity contribution in [2.45, 2.75) is 31.7 Å². The summed E-state index contributed by atoms with van der Waals surface area (Å²) in [6, 6.07) is 13.8. The van der Waals surface area contributed by atoms with E-state index in [0.717, 1.165) is 25.8 Å². The second-order valence-electron chi connectivity index (χ2n) is 10.1. The maximum Gasteiger partial charge on any atom is 0.327 e. The number of nitrogens with zero attached hydrogens (tertiary/aromatic N) is 3. The van der Waals surface area contributed by atoms with E-state index in [1.54, 1.807) is 61.1 Å². The minimum atomic E-state index is -0.905. The predicted octanol–water partition coefficient (Wildman–Crippen LogP) is 2.86. The van der Waals surface area contributed by atoms with Crippen molar-refractivity contribution in [1.29, 1.82) is 0 Å². The summed E-state index contributed by atoms with van der Waals surface area (Å²) in [5.74, 6) is 0.579. The first-order valence-electron chi connectivity index (χ1n) is 13.8. The summed E-state index contributed by atoms with van der Waals surface area (Å²) in [5, 5.41) is 0. The van der Waals surface area contributed by atoms with Gasteiger partial charge in [0.05, 0.1) is 37.1 Å². The fourth-order valence-corrected chi connectivity index (χ4v) is 5.37. The molecule has 0 saturated heterocycles. The molecule has 6 rings (SSSR count). The molecule has 13 nitrogen and oxygen atoms in total. The monoisotopic (exact) mass is 583 g/mol. The van der Waals surface area contributed by atoms with E-state index in [1.807, 2.05) is 10.8 Å². The molecule has 0 bridgehead atoms. The first-order valence-corrected chi connectivity index (χ1v) is 13.8. The third-order valence-corrected chi connectivity index (χ3v) is 7.37. The van der Waals surface area contributed by atoms with E-state index < -0.39 is 28.4 Å². The number of benzene rings is 2. The minimum Gasteiger partial charge on any atom is -0.497 e. The molecule has 4 N–H and O–H groups in total. The molecule has 13 heteroatoms. The maximum absolute atomic E-state index is 13.4. The summed E-state index contributed by atoms with van der Waals surface area (Å²) in [4.78, 5) is 67.2. The lowest BCUT2D eigenvalue weighted by Crippen LogP contribution is -2.40. The van der Waals surface area contributed by atoms with Gasteiger partial charge in [0, 0.05) is 24.6 Å². The fourth-order valence-electron chi connectivity index (χ4n) is 5.37. The molecule has 4 heterocycles. The van der Waals surface area contributed by atoms with Crippen LogP contribution >= 0.6 is 0 Å². The Morgan fingerprint density at radius 2 is 1.40 bits per heavy atom. The minimum absolute atomic E-state index is 0.133. The van der Waals surface area contributed by atoms with Gasteiger partial charge in [-0.25, -0.2) is 14.6 Å². The Hall–Kier alpha value is -5.59. The molecule has 2 aromatic carbocycles. The number of methoxy groups -OCH3 is 1. The van der Waals surface area contributed by atoms with Crippen molar-refractivity contribution in [2.75, 3.05) is 18.6 Å². The van der Waals surface area contributed by atoms with Gasteiger partial charge in [-0.05, 0) is 61.2 Å². The summed E-state index contributed by atoms with van der Waals surface area (Å²) < 4.78 is 13.2. The molecule has 43 heavy (non-hydrogen) atoms.